The average molecular weight is 396 g/mol. The number of carbonyl (C=O) groups is 2. The van der Waals surface area contributed by atoms with Crippen LogP contribution in [0.1, 0.15) is 34.7 Å². The number of aryl methyl sites for hydroxylation is 2. The van der Waals surface area contributed by atoms with E-state index in [2.05, 4.69) is 22.8 Å². The molecule has 1 aliphatic carbocycles. The van der Waals surface area contributed by atoms with Crippen molar-refractivity contribution in [2.45, 2.75) is 58.2 Å². The van der Waals surface area contributed by atoms with E-state index in [0.717, 1.165) is 29.5 Å². The molecule has 1 aliphatic rings. The van der Waals surface area contributed by atoms with Crippen LogP contribution >= 0.6 is 0 Å². The van der Waals surface area contributed by atoms with Gasteiger partial charge in [0.1, 0.15) is 11.8 Å². The molecule has 0 spiro atoms. The van der Waals surface area contributed by atoms with Crippen LogP contribution in [-0.4, -0.2) is 35.0 Å². The van der Waals surface area contributed by atoms with Crippen LogP contribution in [0, 0.1) is 13.8 Å². The van der Waals surface area contributed by atoms with E-state index in [1.807, 2.05) is 26.0 Å². The van der Waals surface area contributed by atoms with E-state index in [0.29, 0.717) is 6.42 Å². The van der Waals surface area contributed by atoms with E-state index in [1.165, 1.54) is 11.1 Å². The first-order chi connectivity index (χ1) is 13.7. The minimum absolute atomic E-state index is 0.0511. The highest BCUT2D eigenvalue weighted by atomic mass is 16.3. The maximum Gasteiger partial charge on any atom is 0.242 e. The summed E-state index contributed by atoms with van der Waals surface area (Å²) < 4.78 is 0. The van der Waals surface area contributed by atoms with Crippen molar-refractivity contribution < 1.29 is 14.7 Å². The molecule has 0 saturated heterocycles. The summed E-state index contributed by atoms with van der Waals surface area (Å²) >= 11 is 0. The first-order valence-electron chi connectivity index (χ1n) is 9.96. The molecular formula is C23H29N3O3. The number of amides is 2. The van der Waals surface area contributed by atoms with E-state index < -0.39 is 12.1 Å². The molecule has 29 heavy (non-hydrogen) atoms. The fourth-order valence-electron chi connectivity index (χ4n) is 3.98. The lowest BCUT2D eigenvalue weighted by atomic mass is 9.96. The molecule has 0 fully saturated rings. The molecule has 0 unspecified atom stereocenters. The molecule has 0 bridgehead atoms. The fraction of sp³-hybridized carbons (Fsp3) is 0.391. The molecule has 6 nitrogen and oxygen atoms in total. The number of nitrogens with two attached hydrogens (primary N) is 1. The minimum Gasteiger partial charge on any atom is -0.508 e. The van der Waals surface area contributed by atoms with Gasteiger partial charge >= 0.3 is 0 Å². The summed E-state index contributed by atoms with van der Waals surface area (Å²) in [5.41, 5.74) is 11.3. The Kier molecular flexibility index (Phi) is 6.23. The molecule has 154 valence electrons. The summed E-state index contributed by atoms with van der Waals surface area (Å²) in [6, 6.07) is 10.1. The summed E-state index contributed by atoms with van der Waals surface area (Å²) in [6.07, 6.45) is 1.96. The second-order valence-corrected chi connectivity index (χ2v) is 7.98. The van der Waals surface area contributed by atoms with Gasteiger partial charge in [0.25, 0.3) is 0 Å². The SMILES string of the molecule is Cc1cc(O)cc(C)c1C[C@H](N)C(=O)N[C@H](C)C(=O)NC1Cc2ccccc2C1. The van der Waals surface area contributed by atoms with Crippen LogP contribution < -0.4 is 16.4 Å². The van der Waals surface area contributed by atoms with Crippen LogP contribution in [0.3, 0.4) is 0 Å². The van der Waals surface area contributed by atoms with Crippen LogP contribution in [0.4, 0.5) is 0 Å². The topological polar surface area (TPSA) is 104 Å². The second kappa shape index (κ2) is 8.66. The highest BCUT2D eigenvalue weighted by Gasteiger charge is 2.26. The number of fused-ring (bicyclic) bond motifs is 1. The average Bonchev–Trinajstić information content (AvgIpc) is 3.06. The third kappa shape index (κ3) is 4.95. The van der Waals surface area contributed by atoms with E-state index >= 15 is 0 Å². The Morgan fingerprint density at radius 3 is 2.21 bits per heavy atom. The van der Waals surface area contributed by atoms with Crippen molar-refractivity contribution in [1.29, 1.82) is 0 Å². The zero-order valence-electron chi connectivity index (χ0n) is 17.2. The summed E-state index contributed by atoms with van der Waals surface area (Å²) in [5, 5.41) is 15.4. The van der Waals surface area contributed by atoms with Crippen molar-refractivity contribution in [1.82, 2.24) is 10.6 Å². The van der Waals surface area contributed by atoms with Crippen LogP contribution in [0.5, 0.6) is 5.75 Å². The number of benzene rings is 2. The van der Waals surface area contributed by atoms with Crippen LogP contribution in [0.25, 0.3) is 0 Å². The molecule has 0 aliphatic heterocycles. The van der Waals surface area contributed by atoms with Gasteiger partial charge in [-0.05, 0) is 80.0 Å². The van der Waals surface area contributed by atoms with Crippen molar-refractivity contribution in [3.63, 3.8) is 0 Å². The molecule has 0 radical (unpaired) electrons. The Balaban J connectivity index is 1.53. The van der Waals surface area contributed by atoms with Gasteiger partial charge in [-0.15, -0.1) is 0 Å². The predicted molar refractivity (Wildman–Crippen MR) is 113 cm³/mol. The van der Waals surface area contributed by atoms with Crippen molar-refractivity contribution in [2.75, 3.05) is 0 Å². The summed E-state index contributed by atoms with van der Waals surface area (Å²) in [7, 11) is 0. The maximum atomic E-state index is 12.5. The van der Waals surface area contributed by atoms with E-state index in [9.17, 15) is 14.7 Å². The largest absolute Gasteiger partial charge is 0.508 e. The number of phenolic OH excluding ortho intramolecular Hbond substituents is 1. The van der Waals surface area contributed by atoms with Gasteiger partial charge in [-0.3, -0.25) is 9.59 Å². The zero-order valence-corrected chi connectivity index (χ0v) is 17.2. The van der Waals surface area contributed by atoms with Gasteiger partial charge in [-0.1, -0.05) is 24.3 Å². The molecular weight excluding hydrogens is 366 g/mol. The van der Waals surface area contributed by atoms with Crippen molar-refractivity contribution in [3.05, 3.63) is 64.2 Å². The Bertz CT molecular complexity index is 877. The number of carbonyl (C=O) groups excluding carboxylic acids is 2. The number of aromatic hydroxyl groups is 1. The molecule has 2 aromatic carbocycles. The van der Waals surface area contributed by atoms with Crippen molar-refractivity contribution >= 4 is 11.8 Å². The van der Waals surface area contributed by atoms with Gasteiger partial charge in [-0.2, -0.15) is 0 Å². The highest BCUT2D eigenvalue weighted by molar-refractivity contribution is 5.89. The first-order valence-corrected chi connectivity index (χ1v) is 9.96. The standard InChI is InChI=1S/C23H29N3O3/c1-13-8-19(27)9-14(2)20(13)12-21(24)23(29)25-15(3)22(28)26-18-10-16-6-4-5-7-17(16)11-18/h4-9,15,18,21,27H,10-12,24H2,1-3H3,(H,25,29)(H,26,28)/t15-,21+/m1/s1. The molecule has 2 amide bonds. The van der Waals surface area contributed by atoms with Crippen molar-refractivity contribution in [2.24, 2.45) is 5.73 Å². The van der Waals surface area contributed by atoms with Gasteiger partial charge in [0.15, 0.2) is 0 Å². The quantitative estimate of drug-likeness (QED) is 0.597. The number of hydrogen-bond acceptors (Lipinski definition) is 4. The van der Waals surface area contributed by atoms with E-state index in [4.69, 9.17) is 5.73 Å². The molecule has 0 heterocycles. The Morgan fingerprint density at radius 1 is 1.10 bits per heavy atom. The molecule has 0 aromatic heterocycles. The Morgan fingerprint density at radius 2 is 1.66 bits per heavy atom. The van der Waals surface area contributed by atoms with E-state index in [-0.39, 0.29) is 23.6 Å². The van der Waals surface area contributed by atoms with Gasteiger partial charge in [0.2, 0.25) is 11.8 Å². The van der Waals surface area contributed by atoms with Gasteiger partial charge in [-0.25, -0.2) is 0 Å². The first kappa shape index (κ1) is 20.9. The third-order valence-electron chi connectivity index (χ3n) is 5.59. The summed E-state index contributed by atoms with van der Waals surface area (Å²) in [5.74, 6) is -0.379. The molecule has 0 saturated carbocycles. The lowest BCUT2D eigenvalue weighted by Crippen LogP contribution is -2.52. The number of hydrogen-bond donors (Lipinski definition) is 4. The molecule has 2 aromatic rings. The number of phenols is 1. The Labute approximate surface area is 171 Å². The second-order valence-electron chi connectivity index (χ2n) is 7.98. The lowest BCUT2D eigenvalue weighted by molar-refractivity contribution is -0.129. The van der Waals surface area contributed by atoms with Crippen molar-refractivity contribution in [3.8, 4) is 5.75 Å². The number of rotatable bonds is 6. The summed E-state index contributed by atoms with van der Waals surface area (Å²) in [4.78, 5) is 25.0. The van der Waals surface area contributed by atoms with E-state index in [1.54, 1.807) is 19.1 Å². The number of nitrogens with one attached hydrogen (secondary N) is 2. The monoisotopic (exact) mass is 395 g/mol. The Hall–Kier alpha value is -2.86. The van der Waals surface area contributed by atoms with Gasteiger partial charge < -0.3 is 21.5 Å². The summed E-state index contributed by atoms with van der Waals surface area (Å²) in [6.45, 7) is 5.42. The fourth-order valence-corrected chi connectivity index (χ4v) is 3.98. The molecule has 6 heteroatoms. The minimum atomic E-state index is -0.775. The van der Waals surface area contributed by atoms with Gasteiger partial charge in [0.05, 0.1) is 6.04 Å². The third-order valence-corrected chi connectivity index (χ3v) is 5.59. The van der Waals surface area contributed by atoms with Gasteiger partial charge in [0, 0.05) is 6.04 Å². The van der Waals surface area contributed by atoms with Crippen LogP contribution in [-0.2, 0) is 28.9 Å². The van der Waals surface area contributed by atoms with Crippen LogP contribution in [0.15, 0.2) is 36.4 Å². The molecule has 3 rings (SSSR count). The normalized spacial score (nSPS) is 15.4. The molecule has 2 atom stereocenters. The van der Waals surface area contributed by atoms with Crippen LogP contribution in [0.2, 0.25) is 0 Å². The smallest absolute Gasteiger partial charge is 0.242 e. The maximum absolute atomic E-state index is 12.5. The zero-order chi connectivity index (χ0) is 21.1. The highest BCUT2D eigenvalue weighted by Crippen LogP contribution is 2.22. The lowest BCUT2D eigenvalue weighted by Gasteiger charge is -2.20. The molecule has 5 N–H and O–H groups in total. The predicted octanol–water partition coefficient (Wildman–Crippen LogP) is 1.67.